The first-order chi connectivity index (χ1) is 8.93. The van der Waals surface area contributed by atoms with Crippen LogP contribution < -0.4 is 0 Å². The van der Waals surface area contributed by atoms with E-state index in [4.69, 9.17) is 5.11 Å². The Morgan fingerprint density at radius 3 is 2.47 bits per heavy atom. The van der Waals surface area contributed by atoms with E-state index in [1.807, 2.05) is 13.8 Å². The van der Waals surface area contributed by atoms with Crippen molar-refractivity contribution >= 4 is 21.4 Å². The second-order valence-corrected chi connectivity index (χ2v) is 8.08. The fraction of sp³-hybridized carbons (Fsp3) is 0.692. The molecule has 4 nitrogen and oxygen atoms in total. The molecule has 0 bridgehead atoms. The Hall–Kier alpha value is -0.430. The number of aliphatic hydroxyl groups excluding tert-OH is 1. The molecule has 0 aliphatic rings. The van der Waals surface area contributed by atoms with Crippen LogP contribution in [0, 0.1) is 0 Å². The van der Waals surface area contributed by atoms with Crippen LogP contribution in [-0.2, 0) is 16.6 Å². The minimum absolute atomic E-state index is 0.0541. The summed E-state index contributed by atoms with van der Waals surface area (Å²) in [6.45, 7) is 6.33. The molecule has 1 aromatic rings. The van der Waals surface area contributed by atoms with E-state index in [9.17, 15) is 8.42 Å². The van der Waals surface area contributed by atoms with Crippen molar-refractivity contribution in [1.82, 2.24) is 4.31 Å². The van der Waals surface area contributed by atoms with E-state index in [0.29, 0.717) is 15.6 Å². The molecule has 110 valence electrons. The van der Waals surface area contributed by atoms with Gasteiger partial charge >= 0.3 is 0 Å². The van der Waals surface area contributed by atoms with Crippen LogP contribution in [0.25, 0.3) is 0 Å². The number of nitrogens with zero attached hydrogens (tertiary/aromatic N) is 1. The summed E-state index contributed by atoms with van der Waals surface area (Å²) in [5.41, 5.74) is 0. The largest absolute Gasteiger partial charge is 0.391 e. The second kappa shape index (κ2) is 7.38. The molecule has 0 amide bonds. The third-order valence-corrected chi connectivity index (χ3v) is 6.53. The number of thiophene rings is 1. The molecule has 0 spiro atoms. The molecule has 0 saturated carbocycles. The van der Waals surface area contributed by atoms with Crippen molar-refractivity contribution in [2.24, 2.45) is 0 Å². The van der Waals surface area contributed by atoms with Gasteiger partial charge < -0.3 is 5.11 Å². The van der Waals surface area contributed by atoms with Crippen LogP contribution in [0.15, 0.2) is 16.3 Å². The third kappa shape index (κ3) is 4.27. The molecule has 0 aromatic carbocycles. The molecular weight excluding hydrogens is 282 g/mol. The van der Waals surface area contributed by atoms with E-state index in [1.54, 1.807) is 16.4 Å². The zero-order valence-electron chi connectivity index (χ0n) is 11.8. The summed E-state index contributed by atoms with van der Waals surface area (Å²) in [4.78, 5) is 0.677. The predicted octanol–water partition coefficient (Wildman–Crippen LogP) is 2.83. The fourth-order valence-electron chi connectivity index (χ4n) is 1.87. The van der Waals surface area contributed by atoms with Gasteiger partial charge in [-0.25, -0.2) is 8.42 Å². The van der Waals surface area contributed by atoms with E-state index in [-0.39, 0.29) is 12.6 Å². The standard InChI is InChI=1S/C13H23NO3S2/c1-4-5-6-9-14(11(2)3)19(16,17)13-8-7-12(10-15)18-13/h7-8,11,15H,4-6,9-10H2,1-3H3. The molecule has 0 aliphatic carbocycles. The fourth-order valence-corrected chi connectivity index (χ4v) is 4.89. The molecule has 1 N–H and O–H groups in total. The summed E-state index contributed by atoms with van der Waals surface area (Å²) < 4.78 is 27.0. The molecule has 19 heavy (non-hydrogen) atoms. The van der Waals surface area contributed by atoms with Gasteiger partial charge in [-0.2, -0.15) is 4.31 Å². The van der Waals surface area contributed by atoms with Gasteiger partial charge in [0.2, 0.25) is 0 Å². The van der Waals surface area contributed by atoms with Crippen molar-refractivity contribution in [3.63, 3.8) is 0 Å². The van der Waals surface area contributed by atoms with Crippen molar-refractivity contribution in [2.75, 3.05) is 6.54 Å². The van der Waals surface area contributed by atoms with Crippen LogP contribution >= 0.6 is 11.3 Å². The van der Waals surface area contributed by atoms with Crippen LogP contribution in [0.3, 0.4) is 0 Å². The number of aliphatic hydroxyl groups is 1. The van der Waals surface area contributed by atoms with E-state index >= 15 is 0 Å². The zero-order valence-corrected chi connectivity index (χ0v) is 13.4. The Morgan fingerprint density at radius 2 is 2.00 bits per heavy atom. The van der Waals surface area contributed by atoms with Crippen LogP contribution in [0.5, 0.6) is 0 Å². The maximum absolute atomic E-state index is 12.6. The van der Waals surface area contributed by atoms with Gasteiger partial charge in [-0.1, -0.05) is 19.8 Å². The Labute approximate surface area is 120 Å². The summed E-state index contributed by atoms with van der Waals surface area (Å²) in [7, 11) is -3.43. The zero-order chi connectivity index (χ0) is 14.5. The van der Waals surface area contributed by atoms with Gasteiger partial charge in [-0.05, 0) is 32.4 Å². The summed E-state index contributed by atoms with van der Waals surface area (Å²) in [6.07, 6.45) is 2.98. The first kappa shape index (κ1) is 16.6. The summed E-state index contributed by atoms with van der Waals surface area (Å²) >= 11 is 1.15. The number of hydrogen-bond donors (Lipinski definition) is 1. The maximum atomic E-state index is 12.6. The first-order valence-corrected chi connectivity index (χ1v) is 8.90. The average molecular weight is 305 g/mol. The quantitative estimate of drug-likeness (QED) is 0.751. The minimum atomic E-state index is -3.43. The first-order valence-electron chi connectivity index (χ1n) is 6.64. The normalized spacial score (nSPS) is 12.5. The number of unbranched alkanes of at least 4 members (excludes halogenated alkanes) is 2. The van der Waals surface area contributed by atoms with E-state index < -0.39 is 10.0 Å². The minimum Gasteiger partial charge on any atom is -0.391 e. The molecule has 0 atom stereocenters. The monoisotopic (exact) mass is 305 g/mol. The number of rotatable bonds is 8. The predicted molar refractivity (Wildman–Crippen MR) is 78.8 cm³/mol. The lowest BCUT2D eigenvalue weighted by molar-refractivity contribution is 0.285. The van der Waals surface area contributed by atoms with E-state index in [1.165, 1.54) is 0 Å². The number of sulfonamides is 1. The topological polar surface area (TPSA) is 57.6 Å². The lowest BCUT2D eigenvalue weighted by Crippen LogP contribution is -2.37. The molecule has 6 heteroatoms. The number of hydrogen-bond acceptors (Lipinski definition) is 4. The summed E-state index contributed by atoms with van der Waals surface area (Å²) in [5.74, 6) is 0. The van der Waals surface area contributed by atoms with Gasteiger partial charge in [-0.15, -0.1) is 11.3 Å². The lowest BCUT2D eigenvalue weighted by atomic mass is 10.2. The second-order valence-electron chi connectivity index (χ2n) is 4.80. The Balaban J connectivity index is 2.92. The Kier molecular flexibility index (Phi) is 6.46. The highest BCUT2D eigenvalue weighted by Gasteiger charge is 2.27. The van der Waals surface area contributed by atoms with Gasteiger partial charge in [-0.3, -0.25) is 0 Å². The third-order valence-electron chi connectivity index (χ3n) is 2.91. The van der Waals surface area contributed by atoms with Gasteiger partial charge in [0.15, 0.2) is 0 Å². The van der Waals surface area contributed by atoms with Crippen molar-refractivity contribution in [2.45, 2.75) is 56.9 Å². The average Bonchev–Trinajstić information content (AvgIpc) is 2.83. The van der Waals surface area contributed by atoms with Crippen LogP contribution in [0.1, 0.15) is 44.9 Å². The molecule has 0 radical (unpaired) electrons. The maximum Gasteiger partial charge on any atom is 0.252 e. The lowest BCUT2D eigenvalue weighted by Gasteiger charge is -2.25. The molecule has 0 saturated heterocycles. The Bertz CT molecular complexity index is 480. The highest BCUT2D eigenvalue weighted by atomic mass is 32.2. The van der Waals surface area contributed by atoms with Crippen molar-refractivity contribution in [1.29, 1.82) is 0 Å². The highest BCUT2D eigenvalue weighted by Crippen LogP contribution is 2.26. The molecule has 1 aromatic heterocycles. The van der Waals surface area contributed by atoms with Crippen LogP contribution in [-0.4, -0.2) is 30.4 Å². The molecule has 0 unspecified atom stereocenters. The summed E-state index contributed by atoms with van der Waals surface area (Å²) in [6, 6.07) is 3.20. The van der Waals surface area contributed by atoms with E-state index in [0.717, 1.165) is 30.6 Å². The molecule has 0 aliphatic heterocycles. The van der Waals surface area contributed by atoms with Gasteiger partial charge in [0.05, 0.1) is 6.61 Å². The van der Waals surface area contributed by atoms with Gasteiger partial charge in [0, 0.05) is 17.5 Å². The van der Waals surface area contributed by atoms with E-state index in [2.05, 4.69) is 6.92 Å². The van der Waals surface area contributed by atoms with Gasteiger partial charge in [0.1, 0.15) is 4.21 Å². The molecule has 1 rings (SSSR count). The van der Waals surface area contributed by atoms with Crippen LogP contribution in [0.2, 0.25) is 0 Å². The Morgan fingerprint density at radius 1 is 1.32 bits per heavy atom. The van der Waals surface area contributed by atoms with Crippen molar-refractivity contribution in [3.05, 3.63) is 17.0 Å². The molecule has 1 heterocycles. The SMILES string of the molecule is CCCCCN(C(C)C)S(=O)(=O)c1ccc(CO)s1. The van der Waals surface area contributed by atoms with Crippen molar-refractivity contribution < 1.29 is 13.5 Å². The molecule has 0 fully saturated rings. The summed E-state index contributed by atoms with van der Waals surface area (Å²) in [5, 5.41) is 9.04. The molecular formula is C13H23NO3S2. The highest BCUT2D eigenvalue weighted by molar-refractivity contribution is 7.91. The van der Waals surface area contributed by atoms with Gasteiger partial charge in [0.25, 0.3) is 10.0 Å². The van der Waals surface area contributed by atoms with Crippen molar-refractivity contribution in [3.8, 4) is 0 Å². The smallest absolute Gasteiger partial charge is 0.252 e. The van der Waals surface area contributed by atoms with Crippen LogP contribution in [0.4, 0.5) is 0 Å².